The van der Waals surface area contributed by atoms with E-state index in [2.05, 4.69) is 21.3 Å². The second kappa shape index (κ2) is 15.5. The van der Waals surface area contributed by atoms with Crippen molar-refractivity contribution in [2.75, 3.05) is 6.54 Å². The van der Waals surface area contributed by atoms with Gasteiger partial charge in [-0.25, -0.2) is 0 Å². The lowest BCUT2D eigenvalue weighted by Crippen LogP contribution is -2.60. The van der Waals surface area contributed by atoms with Crippen molar-refractivity contribution in [3.8, 4) is 0 Å². The average Bonchev–Trinajstić information content (AvgIpc) is 2.75. The molecule has 0 radical (unpaired) electrons. The summed E-state index contributed by atoms with van der Waals surface area (Å²) in [4.78, 5) is 61.6. The lowest BCUT2D eigenvalue weighted by molar-refractivity contribution is -0.135. The molecule has 0 spiro atoms. The predicted octanol–water partition coefficient (Wildman–Crippen LogP) is -2.91. The van der Waals surface area contributed by atoms with Crippen LogP contribution in [0.5, 0.6) is 0 Å². The quantitative estimate of drug-likeness (QED) is 0.0602. The molecule has 14 nitrogen and oxygen atoms in total. The largest absolute Gasteiger partial charge is 0.370 e. The van der Waals surface area contributed by atoms with Gasteiger partial charge in [0.25, 0.3) is 0 Å². The van der Waals surface area contributed by atoms with Gasteiger partial charge in [-0.05, 0) is 24.7 Å². The van der Waals surface area contributed by atoms with Crippen LogP contribution in [0.4, 0.5) is 0 Å². The van der Waals surface area contributed by atoms with E-state index in [1.807, 2.05) is 6.92 Å². The van der Waals surface area contributed by atoms with Crippen LogP contribution in [0.3, 0.4) is 0 Å². The van der Waals surface area contributed by atoms with Gasteiger partial charge in [-0.2, -0.15) is 0 Å². The maximum atomic E-state index is 13.0. The molecule has 0 saturated carbocycles. The van der Waals surface area contributed by atoms with E-state index in [0.717, 1.165) is 0 Å². The molecule has 0 aromatic rings. The molecule has 0 fully saturated rings. The van der Waals surface area contributed by atoms with Crippen molar-refractivity contribution >= 4 is 35.5 Å². The first-order valence-electron chi connectivity index (χ1n) is 11.5. The Morgan fingerprint density at radius 1 is 0.857 bits per heavy atom. The molecule has 5 amide bonds. The van der Waals surface area contributed by atoms with Crippen molar-refractivity contribution in [1.82, 2.24) is 21.3 Å². The highest BCUT2D eigenvalue weighted by molar-refractivity contribution is 5.96. The second-order valence-electron chi connectivity index (χ2n) is 8.83. The average molecular weight is 500 g/mol. The van der Waals surface area contributed by atoms with Crippen LogP contribution in [0, 0.1) is 17.2 Å². The number of nitrogens with two attached hydrogens (primary N) is 4. The number of carbonyl (C=O) groups is 5. The van der Waals surface area contributed by atoms with Gasteiger partial charge >= 0.3 is 0 Å². The fourth-order valence-electron chi connectivity index (χ4n) is 3.13. The molecule has 200 valence electrons. The fourth-order valence-corrected chi connectivity index (χ4v) is 3.13. The van der Waals surface area contributed by atoms with E-state index < -0.39 is 60.1 Å². The normalized spacial score (nSPS) is 15.1. The van der Waals surface area contributed by atoms with Gasteiger partial charge in [0.15, 0.2) is 5.96 Å². The van der Waals surface area contributed by atoms with Crippen molar-refractivity contribution in [2.24, 2.45) is 34.8 Å². The summed E-state index contributed by atoms with van der Waals surface area (Å²) in [6.45, 7) is 7.25. The Balaban J connectivity index is 5.42. The summed E-state index contributed by atoms with van der Waals surface area (Å²) in [6.07, 6.45) is 0.731. The number of nitrogens with one attached hydrogen (secondary N) is 5. The summed E-state index contributed by atoms with van der Waals surface area (Å²) in [5.41, 5.74) is 21.7. The van der Waals surface area contributed by atoms with Crippen LogP contribution in [0.2, 0.25) is 0 Å². The standard InChI is InChI=1S/C21H41N9O5/c1-5-11(4)16(30-18(33)12(22)7-6-8-27-21(25)26)20(35)28-13(9-14(23)31)19(34)29-15(10(2)3)17(24)32/h10-13,15-16H,5-9,22H2,1-4H3,(H2,23,31)(H2,24,32)(H,28,35)(H,29,34)(H,30,33)(H4,25,26,27)/t11-,12-,13-,15-,16-/m0/s1. The lowest BCUT2D eigenvalue weighted by atomic mass is 9.96. The molecule has 0 aliphatic carbocycles. The Bertz CT molecular complexity index is 774. The molecule has 0 unspecified atom stereocenters. The third-order valence-corrected chi connectivity index (χ3v) is 5.45. The summed E-state index contributed by atoms with van der Waals surface area (Å²) >= 11 is 0. The van der Waals surface area contributed by atoms with Crippen LogP contribution < -0.4 is 44.2 Å². The Labute approximate surface area is 205 Å². The van der Waals surface area contributed by atoms with Gasteiger partial charge < -0.3 is 44.2 Å². The van der Waals surface area contributed by atoms with Crippen LogP contribution in [0.1, 0.15) is 53.4 Å². The van der Waals surface area contributed by atoms with E-state index in [-0.39, 0.29) is 24.2 Å². The number of rotatable bonds is 16. The third-order valence-electron chi connectivity index (χ3n) is 5.45. The molecular formula is C21H41N9O5. The molecular weight excluding hydrogens is 458 g/mol. The molecule has 0 aromatic heterocycles. The van der Waals surface area contributed by atoms with Gasteiger partial charge in [0, 0.05) is 6.54 Å². The molecule has 0 bridgehead atoms. The molecule has 35 heavy (non-hydrogen) atoms. The first-order valence-corrected chi connectivity index (χ1v) is 11.5. The molecule has 0 aliphatic heterocycles. The summed E-state index contributed by atoms with van der Waals surface area (Å²) < 4.78 is 0. The maximum Gasteiger partial charge on any atom is 0.243 e. The number of amides is 5. The minimum Gasteiger partial charge on any atom is -0.370 e. The van der Waals surface area contributed by atoms with Gasteiger partial charge in [0.2, 0.25) is 29.5 Å². The highest BCUT2D eigenvalue weighted by atomic mass is 16.2. The van der Waals surface area contributed by atoms with E-state index in [0.29, 0.717) is 19.4 Å². The van der Waals surface area contributed by atoms with Crippen LogP contribution in [0.15, 0.2) is 0 Å². The number of hydrogen-bond acceptors (Lipinski definition) is 7. The van der Waals surface area contributed by atoms with E-state index in [9.17, 15) is 24.0 Å². The zero-order valence-corrected chi connectivity index (χ0v) is 20.9. The van der Waals surface area contributed by atoms with E-state index in [1.54, 1.807) is 20.8 Å². The predicted molar refractivity (Wildman–Crippen MR) is 130 cm³/mol. The lowest BCUT2D eigenvalue weighted by Gasteiger charge is -2.28. The molecule has 0 aromatic carbocycles. The SMILES string of the molecule is CC[C@H](C)[C@H](NC(=O)[C@@H](N)CCCNC(=N)N)C(=O)N[C@@H](CC(N)=O)C(=O)N[C@H](C(N)=O)C(C)C. The highest BCUT2D eigenvalue weighted by Gasteiger charge is 2.33. The molecule has 0 rings (SSSR count). The van der Waals surface area contributed by atoms with Crippen molar-refractivity contribution in [1.29, 1.82) is 5.41 Å². The Hall–Kier alpha value is -3.42. The second-order valence-corrected chi connectivity index (χ2v) is 8.83. The van der Waals surface area contributed by atoms with Gasteiger partial charge in [-0.3, -0.25) is 29.4 Å². The summed E-state index contributed by atoms with van der Waals surface area (Å²) in [7, 11) is 0. The van der Waals surface area contributed by atoms with E-state index in [1.165, 1.54) is 0 Å². The molecule has 5 atom stereocenters. The van der Waals surface area contributed by atoms with Gasteiger partial charge in [0.05, 0.1) is 12.5 Å². The zero-order chi connectivity index (χ0) is 27.3. The number of hydrogen-bond donors (Lipinski definition) is 9. The monoisotopic (exact) mass is 499 g/mol. The Morgan fingerprint density at radius 3 is 1.89 bits per heavy atom. The third kappa shape index (κ3) is 12.0. The highest BCUT2D eigenvalue weighted by Crippen LogP contribution is 2.10. The van der Waals surface area contributed by atoms with Gasteiger partial charge in [-0.1, -0.05) is 34.1 Å². The minimum atomic E-state index is -1.38. The molecule has 13 N–H and O–H groups in total. The Morgan fingerprint density at radius 2 is 1.43 bits per heavy atom. The number of guanidine groups is 1. The maximum absolute atomic E-state index is 13.0. The number of carbonyl (C=O) groups excluding carboxylic acids is 5. The first-order chi connectivity index (χ1) is 16.2. The molecule has 0 saturated heterocycles. The van der Waals surface area contributed by atoms with Crippen molar-refractivity contribution < 1.29 is 24.0 Å². The van der Waals surface area contributed by atoms with Crippen molar-refractivity contribution in [2.45, 2.75) is 77.5 Å². The van der Waals surface area contributed by atoms with Crippen molar-refractivity contribution in [3.05, 3.63) is 0 Å². The smallest absolute Gasteiger partial charge is 0.243 e. The first kappa shape index (κ1) is 31.6. The van der Waals surface area contributed by atoms with Crippen LogP contribution >= 0.6 is 0 Å². The van der Waals surface area contributed by atoms with Crippen LogP contribution in [-0.2, 0) is 24.0 Å². The van der Waals surface area contributed by atoms with Crippen LogP contribution in [-0.4, -0.2) is 66.2 Å². The Kier molecular flexibility index (Phi) is 14.0. The van der Waals surface area contributed by atoms with Crippen LogP contribution in [0.25, 0.3) is 0 Å². The topological polar surface area (TPSA) is 261 Å². The van der Waals surface area contributed by atoms with Gasteiger partial charge in [-0.15, -0.1) is 0 Å². The summed E-state index contributed by atoms with van der Waals surface area (Å²) in [5, 5.41) is 17.2. The fraction of sp³-hybridized carbons (Fsp3) is 0.714. The summed E-state index contributed by atoms with van der Waals surface area (Å²) in [5.74, 6) is -4.57. The number of primary amides is 2. The molecule has 14 heteroatoms. The van der Waals surface area contributed by atoms with E-state index in [4.69, 9.17) is 28.3 Å². The molecule has 0 aliphatic rings. The van der Waals surface area contributed by atoms with Crippen molar-refractivity contribution in [3.63, 3.8) is 0 Å². The zero-order valence-electron chi connectivity index (χ0n) is 20.9. The minimum absolute atomic E-state index is 0.193. The van der Waals surface area contributed by atoms with E-state index >= 15 is 0 Å². The molecule has 0 heterocycles. The van der Waals surface area contributed by atoms with Gasteiger partial charge in [0.1, 0.15) is 18.1 Å². The summed E-state index contributed by atoms with van der Waals surface area (Å²) in [6, 6.07) is -4.37.